The number of piperidine rings is 1. The fourth-order valence-electron chi connectivity index (χ4n) is 3.76. The molecule has 0 unspecified atom stereocenters. The summed E-state index contributed by atoms with van der Waals surface area (Å²) in [7, 11) is 0. The zero-order chi connectivity index (χ0) is 17.8. The van der Waals surface area contributed by atoms with Crippen molar-refractivity contribution in [2.75, 3.05) is 19.7 Å². The van der Waals surface area contributed by atoms with E-state index in [-0.39, 0.29) is 6.03 Å². The summed E-state index contributed by atoms with van der Waals surface area (Å²) >= 11 is 0. The van der Waals surface area contributed by atoms with Crippen molar-refractivity contribution in [3.8, 4) is 5.75 Å². The van der Waals surface area contributed by atoms with Crippen molar-refractivity contribution in [1.29, 1.82) is 0 Å². The number of hydrogen-bond donors (Lipinski definition) is 1. The van der Waals surface area contributed by atoms with Crippen LogP contribution in [-0.4, -0.2) is 40.6 Å². The van der Waals surface area contributed by atoms with E-state index in [1.54, 1.807) is 12.5 Å². The van der Waals surface area contributed by atoms with Gasteiger partial charge < -0.3 is 15.0 Å². The molecule has 0 saturated carbocycles. The Balaban J connectivity index is 1.34. The molecule has 6 nitrogen and oxygen atoms in total. The van der Waals surface area contributed by atoms with Gasteiger partial charge in [0.1, 0.15) is 12.1 Å². The fraction of sp³-hybridized carbons (Fsp3) is 0.450. The Morgan fingerprint density at radius 3 is 3.15 bits per heavy atom. The molecule has 2 aliphatic heterocycles. The second kappa shape index (κ2) is 7.72. The van der Waals surface area contributed by atoms with E-state index in [2.05, 4.69) is 21.4 Å². The number of likely N-dealkylation sites (tertiary alicyclic amines) is 1. The Hall–Kier alpha value is -2.63. The molecule has 0 aliphatic carbocycles. The normalized spacial score (nSPS) is 19.4. The molecule has 136 valence electrons. The van der Waals surface area contributed by atoms with E-state index in [9.17, 15) is 4.79 Å². The minimum atomic E-state index is -0.00210. The quantitative estimate of drug-likeness (QED) is 0.922. The summed E-state index contributed by atoms with van der Waals surface area (Å²) in [5.74, 6) is 1.27. The number of fused-ring (bicyclic) bond motifs is 1. The van der Waals surface area contributed by atoms with Gasteiger partial charge in [-0.2, -0.15) is 0 Å². The van der Waals surface area contributed by atoms with Crippen LogP contribution in [-0.2, 0) is 13.0 Å². The standard InChI is InChI=1S/C20H24N4O2/c25-20(22-12-15-5-6-19-16(11-15)4-2-10-26-19)24-9-1-3-17(13-24)18-7-8-21-14-23-18/h5-8,11,14,17H,1-4,9-10,12-13H2,(H,22,25)/t17-/m1/s1. The molecule has 2 aromatic rings. The van der Waals surface area contributed by atoms with Gasteiger partial charge in [0.15, 0.2) is 0 Å². The van der Waals surface area contributed by atoms with E-state index < -0.39 is 0 Å². The maximum Gasteiger partial charge on any atom is 0.317 e. The molecule has 4 rings (SSSR count). The topological polar surface area (TPSA) is 67.3 Å². The van der Waals surface area contributed by atoms with Crippen molar-refractivity contribution in [3.05, 3.63) is 53.6 Å². The molecule has 2 aliphatic rings. The van der Waals surface area contributed by atoms with Gasteiger partial charge in [-0.05, 0) is 48.9 Å². The Morgan fingerprint density at radius 1 is 1.31 bits per heavy atom. The summed E-state index contributed by atoms with van der Waals surface area (Å²) in [5, 5.41) is 3.06. The maximum absolute atomic E-state index is 12.6. The van der Waals surface area contributed by atoms with Crippen LogP contribution in [0.3, 0.4) is 0 Å². The summed E-state index contributed by atoms with van der Waals surface area (Å²) in [6, 6.07) is 8.14. The molecule has 1 fully saturated rings. The molecule has 1 saturated heterocycles. The summed E-state index contributed by atoms with van der Waals surface area (Å²) in [4.78, 5) is 22.8. The zero-order valence-corrected chi connectivity index (χ0v) is 14.9. The van der Waals surface area contributed by atoms with Crippen LogP contribution in [0.15, 0.2) is 36.8 Å². The number of rotatable bonds is 3. The van der Waals surface area contributed by atoms with Gasteiger partial charge in [0.2, 0.25) is 0 Å². The van der Waals surface area contributed by atoms with Crippen LogP contribution < -0.4 is 10.1 Å². The van der Waals surface area contributed by atoms with Crippen molar-refractivity contribution < 1.29 is 9.53 Å². The lowest BCUT2D eigenvalue weighted by Gasteiger charge is -2.32. The first-order valence-electron chi connectivity index (χ1n) is 9.33. The van der Waals surface area contributed by atoms with Gasteiger partial charge in [-0.15, -0.1) is 0 Å². The first-order chi connectivity index (χ1) is 12.8. The number of aromatic nitrogens is 2. The van der Waals surface area contributed by atoms with Gasteiger partial charge in [-0.1, -0.05) is 12.1 Å². The molecule has 2 amide bonds. The lowest BCUT2D eigenvalue weighted by Crippen LogP contribution is -2.44. The fourth-order valence-corrected chi connectivity index (χ4v) is 3.76. The van der Waals surface area contributed by atoms with Gasteiger partial charge in [-0.3, -0.25) is 0 Å². The molecule has 0 bridgehead atoms. The number of benzene rings is 1. The molecule has 1 aromatic carbocycles. The van der Waals surface area contributed by atoms with Gasteiger partial charge in [0, 0.05) is 37.4 Å². The predicted octanol–water partition coefficient (Wildman–Crippen LogP) is 2.89. The number of urea groups is 1. The van der Waals surface area contributed by atoms with E-state index in [0.29, 0.717) is 19.0 Å². The Labute approximate surface area is 153 Å². The first-order valence-corrected chi connectivity index (χ1v) is 9.33. The molecule has 1 N–H and O–H groups in total. The Bertz CT molecular complexity index is 766. The Kier molecular flexibility index (Phi) is 5.00. The van der Waals surface area contributed by atoms with Crippen LogP contribution in [0.2, 0.25) is 0 Å². The minimum absolute atomic E-state index is 0.00210. The number of ether oxygens (including phenoxy) is 1. The highest BCUT2D eigenvalue weighted by Crippen LogP contribution is 2.26. The van der Waals surface area contributed by atoms with Crippen LogP contribution >= 0.6 is 0 Å². The Morgan fingerprint density at radius 2 is 2.27 bits per heavy atom. The van der Waals surface area contributed by atoms with Crippen molar-refractivity contribution in [3.63, 3.8) is 0 Å². The highest BCUT2D eigenvalue weighted by Gasteiger charge is 2.25. The van der Waals surface area contributed by atoms with Crippen LogP contribution in [0.25, 0.3) is 0 Å². The summed E-state index contributed by atoms with van der Waals surface area (Å²) < 4.78 is 5.65. The number of aryl methyl sites for hydroxylation is 1. The van der Waals surface area contributed by atoms with E-state index in [0.717, 1.165) is 55.8 Å². The molecule has 6 heteroatoms. The first kappa shape index (κ1) is 16.8. The molecule has 3 heterocycles. The number of carbonyl (C=O) groups excluding carboxylic acids is 1. The summed E-state index contributed by atoms with van der Waals surface area (Å²) in [6.07, 6.45) is 7.50. The number of carbonyl (C=O) groups is 1. The number of nitrogens with one attached hydrogen (secondary N) is 1. The monoisotopic (exact) mass is 352 g/mol. The van der Waals surface area contributed by atoms with Crippen molar-refractivity contribution in [2.24, 2.45) is 0 Å². The van der Waals surface area contributed by atoms with Gasteiger partial charge in [-0.25, -0.2) is 14.8 Å². The molecular weight excluding hydrogens is 328 g/mol. The van der Waals surface area contributed by atoms with E-state index in [1.165, 1.54) is 5.56 Å². The third-order valence-corrected chi connectivity index (χ3v) is 5.15. The molecule has 1 aromatic heterocycles. The summed E-state index contributed by atoms with van der Waals surface area (Å²) in [5.41, 5.74) is 3.38. The van der Waals surface area contributed by atoms with Crippen LogP contribution in [0.4, 0.5) is 4.79 Å². The molecule has 26 heavy (non-hydrogen) atoms. The second-order valence-electron chi connectivity index (χ2n) is 6.97. The lowest BCUT2D eigenvalue weighted by atomic mass is 9.95. The van der Waals surface area contributed by atoms with Gasteiger partial charge in [0.05, 0.1) is 6.61 Å². The minimum Gasteiger partial charge on any atom is -0.493 e. The predicted molar refractivity (Wildman–Crippen MR) is 98.1 cm³/mol. The van der Waals surface area contributed by atoms with Crippen LogP contribution in [0, 0.1) is 0 Å². The van der Waals surface area contributed by atoms with Crippen LogP contribution in [0.1, 0.15) is 42.0 Å². The number of nitrogens with zero attached hydrogens (tertiary/aromatic N) is 3. The molecular formula is C20H24N4O2. The number of amides is 2. The van der Waals surface area contributed by atoms with Crippen LogP contribution in [0.5, 0.6) is 5.75 Å². The smallest absolute Gasteiger partial charge is 0.317 e. The van der Waals surface area contributed by atoms with E-state index in [4.69, 9.17) is 4.74 Å². The SMILES string of the molecule is O=C(NCc1ccc2c(c1)CCCO2)N1CCC[C@@H](c2ccncn2)C1. The zero-order valence-electron chi connectivity index (χ0n) is 14.9. The molecule has 0 radical (unpaired) electrons. The van der Waals surface area contributed by atoms with Gasteiger partial charge >= 0.3 is 6.03 Å². The molecule has 1 atom stereocenters. The highest BCUT2D eigenvalue weighted by molar-refractivity contribution is 5.74. The van der Waals surface area contributed by atoms with Gasteiger partial charge in [0.25, 0.3) is 0 Å². The average molecular weight is 352 g/mol. The molecule has 0 spiro atoms. The largest absolute Gasteiger partial charge is 0.493 e. The van der Waals surface area contributed by atoms with E-state index >= 15 is 0 Å². The maximum atomic E-state index is 12.6. The highest BCUT2D eigenvalue weighted by atomic mass is 16.5. The summed E-state index contributed by atoms with van der Waals surface area (Å²) in [6.45, 7) is 2.85. The third kappa shape index (κ3) is 3.79. The lowest BCUT2D eigenvalue weighted by molar-refractivity contribution is 0.178. The second-order valence-corrected chi connectivity index (χ2v) is 6.97. The van der Waals surface area contributed by atoms with Crippen molar-refractivity contribution in [1.82, 2.24) is 20.2 Å². The van der Waals surface area contributed by atoms with Crippen molar-refractivity contribution >= 4 is 6.03 Å². The number of hydrogen-bond acceptors (Lipinski definition) is 4. The third-order valence-electron chi connectivity index (χ3n) is 5.15. The van der Waals surface area contributed by atoms with Crippen molar-refractivity contribution in [2.45, 2.75) is 38.1 Å². The van der Waals surface area contributed by atoms with E-state index in [1.807, 2.05) is 23.1 Å². The average Bonchev–Trinajstić information content (AvgIpc) is 2.72.